The van der Waals surface area contributed by atoms with Gasteiger partial charge in [0.05, 0.1) is 12.1 Å². The maximum Gasteiger partial charge on any atom is 0.327 e. The lowest BCUT2D eigenvalue weighted by Gasteiger charge is -2.07. The molecule has 86 valence electrons. The molecule has 0 saturated heterocycles. The Morgan fingerprint density at radius 3 is 2.69 bits per heavy atom. The summed E-state index contributed by atoms with van der Waals surface area (Å²) in [5, 5.41) is 9.16. The largest absolute Gasteiger partial charge is 0.495 e. The molecule has 16 heavy (non-hydrogen) atoms. The first-order chi connectivity index (χ1) is 7.56. The van der Waals surface area contributed by atoms with E-state index in [4.69, 9.17) is 33.0 Å². The standard InChI is InChI=1S/C11H10Cl2O3/c1-16-8-6-5-7(10(12)11(8)13)3-2-4-9(14)15/h2,4-6H,3H2,1H3,(H,14,15)/b4-2+. The van der Waals surface area contributed by atoms with Crippen LogP contribution in [0, 0.1) is 0 Å². The number of hydrogen-bond donors (Lipinski definition) is 1. The molecule has 0 atom stereocenters. The number of methoxy groups -OCH3 is 1. The average molecular weight is 261 g/mol. The second-order valence-corrected chi connectivity index (χ2v) is 3.76. The number of rotatable bonds is 4. The minimum absolute atomic E-state index is 0.338. The van der Waals surface area contributed by atoms with Gasteiger partial charge < -0.3 is 9.84 Å². The summed E-state index contributed by atoms with van der Waals surface area (Å²) < 4.78 is 4.99. The molecule has 0 aliphatic carbocycles. The van der Waals surface area contributed by atoms with Gasteiger partial charge in [0.25, 0.3) is 0 Å². The molecule has 0 fully saturated rings. The Bertz CT molecular complexity index is 427. The third kappa shape index (κ3) is 3.15. The summed E-state index contributed by atoms with van der Waals surface area (Å²) in [5.41, 5.74) is 0.755. The highest BCUT2D eigenvalue weighted by Crippen LogP contribution is 2.34. The van der Waals surface area contributed by atoms with E-state index >= 15 is 0 Å². The average Bonchev–Trinajstić information content (AvgIpc) is 2.24. The number of carboxylic acid groups (broad SMARTS) is 1. The van der Waals surface area contributed by atoms with Gasteiger partial charge in [-0.15, -0.1) is 0 Å². The first-order valence-electron chi connectivity index (χ1n) is 4.46. The van der Waals surface area contributed by atoms with Crippen molar-refractivity contribution in [2.24, 2.45) is 0 Å². The molecule has 0 aliphatic rings. The Morgan fingerprint density at radius 1 is 1.44 bits per heavy atom. The normalized spacial score (nSPS) is 10.7. The Kier molecular flexibility index (Phi) is 4.65. The molecule has 5 heteroatoms. The topological polar surface area (TPSA) is 46.5 Å². The van der Waals surface area contributed by atoms with Crippen LogP contribution in [0.15, 0.2) is 24.3 Å². The van der Waals surface area contributed by atoms with Crippen molar-refractivity contribution in [2.45, 2.75) is 6.42 Å². The SMILES string of the molecule is COc1ccc(C/C=C/C(=O)O)c(Cl)c1Cl. The van der Waals surface area contributed by atoms with E-state index in [1.54, 1.807) is 12.1 Å². The molecule has 0 heterocycles. The van der Waals surface area contributed by atoms with E-state index in [1.807, 2.05) is 0 Å². The number of benzene rings is 1. The summed E-state index contributed by atoms with van der Waals surface area (Å²) >= 11 is 11.9. The lowest BCUT2D eigenvalue weighted by molar-refractivity contribution is -0.131. The van der Waals surface area contributed by atoms with Gasteiger partial charge >= 0.3 is 5.97 Å². The fraction of sp³-hybridized carbons (Fsp3) is 0.182. The highest BCUT2D eigenvalue weighted by Gasteiger charge is 2.09. The van der Waals surface area contributed by atoms with Crippen LogP contribution in [0.5, 0.6) is 5.75 Å². The molecule has 0 spiro atoms. The summed E-state index contributed by atoms with van der Waals surface area (Å²) in [6.07, 6.45) is 2.98. The molecule has 0 saturated carbocycles. The lowest BCUT2D eigenvalue weighted by Crippen LogP contribution is -1.91. The van der Waals surface area contributed by atoms with Crippen LogP contribution < -0.4 is 4.74 Å². The number of aliphatic carboxylic acids is 1. The van der Waals surface area contributed by atoms with Gasteiger partial charge in [-0.3, -0.25) is 0 Å². The van der Waals surface area contributed by atoms with Gasteiger partial charge in [0.1, 0.15) is 10.8 Å². The van der Waals surface area contributed by atoms with Gasteiger partial charge in [-0.25, -0.2) is 4.79 Å². The maximum atomic E-state index is 10.3. The van der Waals surface area contributed by atoms with Crippen LogP contribution in [-0.4, -0.2) is 18.2 Å². The lowest BCUT2D eigenvalue weighted by atomic mass is 10.1. The van der Waals surface area contributed by atoms with Crippen LogP contribution in [0.4, 0.5) is 0 Å². The Labute approximate surface area is 103 Å². The number of halogens is 2. The third-order valence-corrected chi connectivity index (χ3v) is 2.85. The fourth-order valence-corrected chi connectivity index (χ4v) is 1.67. The van der Waals surface area contributed by atoms with Crippen LogP contribution in [0.2, 0.25) is 10.0 Å². The minimum Gasteiger partial charge on any atom is -0.495 e. The van der Waals surface area contributed by atoms with E-state index < -0.39 is 5.97 Å². The molecular formula is C11H10Cl2O3. The summed E-state index contributed by atoms with van der Waals surface area (Å²) in [6, 6.07) is 3.44. The van der Waals surface area contributed by atoms with Gasteiger partial charge in [0.2, 0.25) is 0 Å². The van der Waals surface area contributed by atoms with E-state index in [1.165, 1.54) is 13.2 Å². The van der Waals surface area contributed by atoms with Gasteiger partial charge in [0.15, 0.2) is 0 Å². The van der Waals surface area contributed by atoms with E-state index in [2.05, 4.69) is 0 Å². The van der Waals surface area contributed by atoms with Gasteiger partial charge in [-0.05, 0) is 18.1 Å². The van der Waals surface area contributed by atoms with Crippen molar-refractivity contribution in [2.75, 3.05) is 7.11 Å². The molecule has 0 unspecified atom stereocenters. The zero-order valence-electron chi connectivity index (χ0n) is 8.54. The molecule has 0 aromatic heterocycles. The molecule has 0 radical (unpaired) electrons. The zero-order valence-corrected chi connectivity index (χ0v) is 10.0. The van der Waals surface area contributed by atoms with E-state index in [0.29, 0.717) is 22.2 Å². The maximum absolute atomic E-state index is 10.3. The van der Waals surface area contributed by atoms with Crippen LogP contribution in [0.25, 0.3) is 0 Å². The second-order valence-electron chi connectivity index (χ2n) is 3.00. The zero-order chi connectivity index (χ0) is 12.1. The van der Waals surface area contributed by atoms with E-state index in [-0.39, 0.29) is 0 Å². The van der Waals surface area contributed by atoms with E-state index in [0.717, 1.165) is 11.6 Å². The highest BCUT2D eigenvalue weighted by molar-refractivity contribution is 6.43. The van der Waals surface area contributed by atoms with Crippen molar-refractivity contribution in [3.05, 3.63) is 39.9 Å². The monoisotopic (exact) mass is 260 g/mol. The van der Waals surface area contributed by atoms with Crippen molar-refractivity contribution in [1.29, 1.82) is 0 Å². The summed E-state index contributed by atoms with van der Waals surface area (Å²) in [7, 11) is 1.50. The van der Waals surface area contributed by atoms with Crippen LogP contribution in [0.3, 0.4) is 0 Å². The molecule has 1 N–H and O–H groups in total. The van der Waals surface area contributed by atoms with Crippen molar-refractivity contribution < 1.29 is 14.6 Å². The van der Waals surface area contributed by atoms with Crippen molar-refractivity contribution in [1.82, 2.24) is 0 Å². The van der Waals surface area contributed by atoms with Crippen molar-refractivity contribution >= 4 is 29.2 Å². The van der Waals surface area contributed by atoms with Crippen LogP contribution in [0.1, 0.15) is 5.56 Å². The molecule has 1 rings (SSSR count). The fourth-order valence-electron chi connectivity index (χ4n) is 1.17. The quantitative estimate of drug-likeness (QED) is 0.846. The summed E-state index contributed by atoms with van der Waals surface area (Å²) in [4.78, 5) is 10.3. The Hall–Kier alpha value is -1.19. The molecule has 0 bridgehead atoms. The van der Waals surface area contributed by atoms with E-state index in [9.17, 15) is 4.79 Å². The highest BCUT2D eigenvalue weighted by atomic mass is 35.5. The number of carbonyl (C=O) groups is 1. The molecule has 1 aromatic carbocycles. The van der Waals surface area contributed by atoms with Crippen molar-refractivity contribution in [3.63, 3.8) is 0 Å². The van der Waals surface area contributed by atoms with Gasteiger partial charge in [-0.2, -0.15) is 0 Å². The van der Waals surface area contributed by atoms with Crippen LogP contribution in [-0.2, 0) is 11.2 Å². The molecule has 3 nitrogen and oxygen atoms in total. The minimum atomic E-state index is -0.990. The summed E-state index contributed by atoms with van der Waals surface area (Å²) in [6.45, 7) is 0. The van der Waals surface area contributed by atoms with Crippen LogP contribution >= 0.6 is 23.2 Å². The smallest absolute Gasteiger partial charge is 0.327 e. The predicted molar refractivity (Wildman–Crippen MR) is 63.5 cm³/mol. The first-order valence-corrected chi connectivity index (χ1v) is 5.22. The molecular weight excluding hydrogens is 251 g/mol. The van der Waals surface area contributed by atoms with Gasteiger partial charge in [-0.1, -0.05) is 35.3 Å². The summed E-state index contributed by atoms with van der Waals surface area (Å²) in [5.74, 6) is -0.492. The predicted octanol–water partition coefficient (Wildman–Crippen LogP) is 3.19. The second kappa shape index (κ2) is 5.77. The Morgan fingerprint density at radius 2 is 2.12 bits per heavy atom. The number of ether oxygens (including phenoxy) is 1. The molecule has 1 aromatic rings. The molecule has 0 aliphatic heterocycles. The molecule has 0 amide bonds. The third-order valence-electron chi connectivity index (χ3n) is 1.94. The number of hydrogen-bond acceptors (Lipinski definition) is 2. The number of allylic oxidation sites excluding steroid dienone is 1. The van der Waals surface area contributed by atoms with Crippen molar-refractivity contribution in [3.8, 4) is 5.75 Å². The first kappa shape index (κ1) is 12.9. The Balaban J connectivity index is 2.90. The number of carboxylic acids is 1. The van der Waals surface area contributed by atoms with Gasteiger partial charge in [0, 0.05) is 6.08 Å².